The number of thiazole rings is 1. The van der Waals surface area contributed by atoms with Gasteiger partial charge in [-0.3, -0.25) is 4.57 Å². The Balaban J connectivity index is 1.11. The van der Waals surface area contributed by atoms with Crippen LogP contribution in [0.4, 0.5) is 0 Å². The van der Waals surface area contributed by atoms with Crippen LogP contribution in [0.15, 0.2) is 186 Å². The van der Waals surface area contributed by atoms with Gasteiger partial charge >= 0.3 is 0 Å². The molecule has 0 amide bonds. The molecule has 8 heteroatoms. The second kappa shape index (κ2) is 12.8. The maximum Gasteiger partial charge on any atom is 0.238 e. The molecular formula is C52H30N6OS. The molecule has 0 spiro atoms. The summed E-state index contributed by atoms with van der Waals surface area (Å²) in [5.74, 6) is 1.63. The van der Waals surface area contributed by atoms with Crippen LogP contribution >= 0.6 is 11.3 Å². The van der Waals surface area contributed by atoms with Crippen LogP contribution in [0.5, 0.6) is 0 Å². The Morgan fingerprint density at radius 2 is 1.05 bits per heavy atom. The summed E-state index contributed by atoms with van der Waals surface area (Å²) in [7, 11) is 0. The number of rotatable bonds is 5. The first-order valence-electron chi connectivity index (χ1n) is 19.9. The molecule has 0 saturated carbocycles. The number of para-hydroxylation sites is 5. The summed E-state index contributed by atoms with van der Waals surface area (Å²) in [6, 6.07) is 63.3. The monoisotopic (exact) mass is 786 g/mol. The second-order valence-corrected chi connectivity index (χ2v) is 16.1. The highest BCUT2D eigenvalue weighted by molar-refractivity contribution is 7.21. The summed E-state index contributed by atoms with van der Waals surface area (Å²) in [6.07, 6.45) is 0. The zero-order valence-corrected chi connectivity index (χ0v) is 32.6. The van der Waals surface area contributed by atoms with E-state index >= 15 is 0 Å². The minimum absolute atomic E-state index is 0.522. The van der Waals surface area contributed by atoms with E-state index in [0.717, 1.165) is 93.1 Å². The number of hydrogen-bond donors (Lipinski definition) is 0. The first-order chi connectivity index (χ1) is 29.7. The quantitative estimate of drug-likeness (QED) is 0.174. The van der Waals surface area contributed by atoms with E-state index in [0.29, 0.717) is 17.6 Å². The van der Waals surface area contributed by atoms with Gasteiger partial charge in [-0.15, -0.1) is 11.3 Å². The van der Waals surface area contributed by atoms with Crippen LogP contribution in [0.1, 0.15) is 0 Å². The van der Waals surface area contributed by atoms with E-state index in [-0.39, 0.29) is 0 Å². The third kappa shape index (κ3) is 4.88. The van der Waals surface area contributed by atoms with Crippen LogP contribution in [-0.4, -0.2) is 29.1 Å². The largest absolute Gasteiger partial charge is 0.455 e. The Kier molecular flexibility index (Phi) is 7.05. The lowest BCUT2D eigenvalue weighted by atomic mass is 10.1. The van der Waals surface area contributed by atoms with Crippen LogP contribution in [0.25, 0.3) is 121 Å². The Bertz CT molecular complexity index is 3810. The Morgan fingerprint density at radius 1 is 0.417 bits per heavy atom. The molecule has 0 saturated heterocycles. The van der Waals surface area contributed by atoms with Gasteiger partial charge in [-0.05, 0) is 60.7 Å². The highest BCUT2D eigenvalue weighted by Crippen LogP contribution is 2.43. The molecule has 0 atom stereocenters. The van der Waals surface area contributed by atoms with Gasteiger partial charge in [-0.25, -0.2) is 9.97 Å². The van der Waals surface area contributed by atoms with E-state index in [1.807, 2.05) is 60.7 Å². The normalized spacial score (nSPS) is 12.0. The van der Waals surface area contributed by atoms with Crippen LogP contribution in [0.2, 0.25) is 0 Å². The number of aromatic nitrogens is 6. The summed E-state index contributed by atoms with van der Waals surface area (Å²) in [4.78, 5) is 20.8. The van der Waals surface area contributed by atoms with Gasteiger partial charge in [0.15, 0.2) is 11.6 Å². The first-order valence-corrected chi connectivity index (χ1v) is 20.7. The predicted molar refractivity (Wildman–Crippen MR) is 245 cm³/mol. The number of benzene rings is 8. The fourth-order valence-corrected chi connectivity index (χ4v) is 9.92. The average molecular weight is 787 g/mol. The molecule has 0 aliphatic carbocycles. The average Bonchev–Trinajstić information content (AvgIpc) is 4.09. The van der Waals surface area contributed by atoms with Gasteiger partial charge < -0.3 is 8.98 Å². The molecule has 280 valence electrons. The molecule has 8 aromatic carbocycles. The van der Waals surface area contributed by atoms with Crippen molar-refractivity contribution in [1.82, 2.24) is 29.1 Å². The van der Waals surface area contributed by atoms with Crippen molar-refractivity contribution in [2.45, 2.75) is 0 Å². The molecule has 0 fully saturated rings. The highest BCUT2D eigenvalue weighted by atomic mass is 32.1. The Hall–Kier alpha value is -7.94. The van der Waals surface area contributed by atoms with Crippen LogP contribution in [-0.2, 0) is 0 Å². The van der Waals surface area contributed by atoms with E-state index in [4.69, 9.17) is 24.4 Å². The van der Waals surface area contributed by atoms with Gasteiger partial charge in [0.2, 0.25) is 5.95 Å². The molecule has 60 heavy (non-hydrogen) atoms. The molecule has 0 bridgehead atoms. The summed E-state index contributed by atoms with van der Waals surface area (Å²) < 4.78 is 12.3. The number of hydrogen-bond acceptors (Lipinski definition) is 6. The van der Waals surface area contributed by atoms with E-state index in [1.165, 1.54) is 10.1 Å². The zero-order valence-electron chi connectivity index (χ0n) is 31.8. The van der Waals surface area contributed by atoms with Gasteiger partial charge in [0.25, 0.3) is 0 Å². The topological polar surface area (TPSA) is 74.6 Å². The van der Waals surface area contributed by atoms with Gasteiger partial charge in [0, 0.05) is 49.1 Å². The fraction of sp³-hybridized carbons (Fsp3) is 0. The van der Waals surface area contributed by atoms with Gasteiger partial charge in [0.05, 0.1) is 37.8 Å². The lowest BCUT2D eigenvalue weighted by molar-refractivity contribution is 0.669. The standard InChI is InChI=1S/C52H30N6OS/c1-2-13-31(14-3-1)49-54-50(40-19-12-18-39-36-17-6-10-23-44(36)59-48(39)40)56-52(55-49)58-43-22-9-5-16-35(43)38-30-29-37-34-15-4-8-21-42(34)57(46(37)47(38)58)33-27-25-32(26-28-33)51-53-41-20-7-11-24-45(41)60-51/h1-30H. The lowest BCUT2D eigenvalue weighted by Gasteiger charge is -2.13. The van der Waals surface area contributed by atoms with Gasteiger partial charge in [0.1, 0.15) is 16.2 Å². The third-order valence-electron chi connectivity index (χ3n) is 11.6. The summed E-state index contributed by atoms with van der Waals surface area (Å²) >= 11 is 1.72. The number of furan rings is 1. The van der Waals surface area contributed by atoms with Crippen molar-refractivity contribution < 1.29 is 4.42 Å². The predicted octanol–water partition coefficient (Wildman–Crippen LogP) is 13.6. The molecule has 0 unspecified atom stereocenters. The van der Waals surface area contributed by atoms with Crippen molar-refractivity contribution in [1.29, 1.82) is 0 Å². The lowest BCUT2D eigenvalue weighted by Crippen LogP contribution is -2.07. The Morgan fingerprint density at radius 3 is 1.83 bits per heavy atom. The van der Waals surface area contributed by atoms with Crippen molar-refractivity contribution in [2.75, 3.05) is 0 Å². The molecule has 7 nitrogen and oxygen atoms in total. The zero-order chi connectivity index (χ0) is 39.3. The SMILES string of the molecule is c1ccc(-c2nc(-c3cccc4c3oc3ccccc34)nc(-n3c4ccccc4c4ccc5c6ccccc6n(-c6ccc(-c7nc8ccccc8s7)cc6)c5c43)n2)cc1. The molecule has 0 aliphatic rings. The number of nitrogens with zero attached hydrogens (tertiary/aromatic N) is 6. The van der Waals surface area contributed by atoms with E-state index in [1.54, 1.807) is 11.3 Å². The third-order valence-corrected chi connectivity index (χ3v) is 12.7. The maximum atomic E-state index is 6.55. The van der Waals surface area contributed by atoms with Crippen molar-refractivity contribution in [3.8, 4) is 45.0 Å². The molecule has 0 N–H and O–H groups in total. The molecule has 5 aromatic heterocycles. The van der Waals surface area contributed by atoms with Crippen molar-refractivity contribution >= 4 is 87.1 Å². The van der Waals surface area contributed by atoms with Crippen LogP contribution in [0.3, 0.4) is 0 Å². The fourth-order valence-electron chi connectivity index (χ4n) is 8.95. The minimum atomic E-state index is 0.522. The minimum Gasteiger partial charge on any atom is -0.455 e. The summed E-state index contributed by atoms with van der Waals surface area (Å²) in [5.41, 5.74) is 10.6. The molecule has 13 aromatic rings. The van der Waals surface area contributed by atoms with Gasteiger partial charge in [-0.1, -0.05) is 121 Å². The molecular weight excluding hydrogens is 757 g/mol. The van der Waals surface area contributed by atoms with Crippen LogP contribution in [0, 0.1) is 0 Å². The Labute approximate surface area is 346 Å². The van der Waals surface area contributed by atoms with E-state index in [2.05, 4.69) is 130 Å². The van der Waals surface area contributed by atoms with Crippen molar-refractivity contribution in [2.24, 2.45) is 0 Å². The van der Waals surface area contributed by atoms with E-state index < -0.39 is 0 Å². The molecule has 5 heterocycles. The van der Waals surface area contributed by atoms with Crippen molar-refractivity contribution in [3.63, 3.8) is 0 Å². The van der Waals surface area contributed by atoms with Crippen LogP contribution < -0.4 is 0 Å². The molecule has 0 aliphatic heterocycles. The first kappa shape index (κ1) is 33.1. The highest BCUT2D eigenvalue weighted by Gasteiger charge is 2.24. The van der Waals surface area contributed by atoms with Crippen molar-refractivity contribution in [3.05, 3.63) is 182 Å². The summed E-state index contributed by atoms with van der Waals surface area (Å²) in [6.45, 7) is 0. The smallest absolute Gasteiger partial charge is 0.238 e. The second-order valence-electron chi connectivity index (χ2n) is 15.0. The number of fused-ring (bicyclic) bond motifs is 11. The van der Waals surface area contributed by atoms with E-state index in [9.17, 15) is 0 Å². The maximum absolute atomic E-state index is 6.55. The molecule has 13 rings (SSSR count). The summed E-state index contributed by atoms with van der Waals surface area (Å²) in [5, 5.41) is 7.60. The van der Waals surface area contributed by atoms with Gasteiger partial charge in [-0.2, -0.15) is 9.97 Å². The molecule has 0 radical (unpaired) electrons.